The Kier molecular flexibility index (Phi) is 41.8. The molecule has 1 aromatic heterocycles. The van der Waals surface area contributed by atoms with Gasteiger partial charge in [0, 0.05) is 56.3 Å². The molecule has 0 spiro atoms. The number of hydrogen-bond donors (Lipinski definition) is 9. The minimum Gasteiger partial charge on any atom is -0.386 e. The summed E-state index contributed by atoms with van der Waals surface area (Å²) >= 11 is 0. The van der Waals surface area contributed by atoms with Gasteiger partial charge in [-0.3, -0.25) is 32.9 Å². The number of nitrogens with one attached hydrogen (secondary N) is 3. The van der Waals surface area contributed by atoms with Crippen LogP contribution in [0.5, 0.6) is 0 Å². The predicted octanol–water partition coefficient (Wildman–Crippen LogP) is -1.81. The number of ether oxygens (including phenoxy) is 13. The molecule has 2 fully saturated rings. The number of rotatable bonds is 54. The molecule has 0 aromatic carbocycles. The molecular weight excluding hydrogens is 1190 g/mol. The normalized spacial score (nSPS) is 19.3. The van der Waals surface area contributed by atoms with E-state index in [-0.39, 0.29) is 62.6 Å². The van der Waals surface area contributed by atoms with Gasteiger partial charge in [0.25, 0.3) is 0 Å². The number of nitrogens with two attached hydrogens (primary N) is 1. The number of likely N-dealkylation sites (tertiary alicyclic amines) is 1. The Hall–Kier alpha value is -3.29. The molecule has 0 saturated carbocycles. The molecule has 33 nitrogen and oxygen atoms in total. The smallest absolute Gasteiger partial charge is 0.386 e. The number of aryl methyl sites for hydroxylation is 1. The molecule has 2 aliphatic rings. The van der Waals surface area contributed by atoms with Crippen molar-refractivity contribution in [1.82, 2.24) is 30.4 Å². The lowest BCUT2D eigenvalue weighted by Crippen LogP contribution is -2.49. The summed E-state index contributed by atoms with van der Waals surface area (Å²) in [6, 6.07) is 0.793. The van der Waals surface area contributed by atoms with Crippen LogP contribution in [0.25, 0.3) is 0 Å². The maximum absolute atomic E-state index is 12.7. The van der Waals surface area contributed by atoms with Crippen LogP contribution in [0.2, 0.25) is 0 Å². The molecule has 500 valence electrons. The first-order valence-corrected chi connectivity index (χ1v) is 32.0. The van der Waals surface area contributed by atoms with E-state index in [1.54, 1.807) is 0 Å². The Morgan fingerprint density at radius 1 is 0.593 bits per heavy atom. The number of anilines is 1. The number of phosphoric acid groups is 2. The van der Waals surface area contributed by atoms with Crippen molar-refractivity contribution in [2.45, 2.75) is 95.4 Å². The molecular formula is C51H95N7O26P2. The number of carbonyl (C=O) groups is 3. The third-order valence-corrected chi connectivity index (χ3v) is 13.8. The minimum atomic E-state index is -5.25. The van der Waals surface area contributed by atoms with Crippen molar-refractivity contribution >= 4 is 39.2 Å². The van der Waals surface area contributed by atoms with Gasteiger partial charge in [-0.1, -0.05) is 6.42 Å². The zero-order chi connectivity index (χ0) is 62.7. The van der Waals surface area contributed by atoms with Crippen LogP contribution in [0, 0.1) is 0 Å². The third-order valence-electron chi connectivity index (χ3n) is 12.8. The topological polar surface area (TPSA) is 425 Å². The van der Waals surface area contributed by atoms with E-state index in [1.165, 1.54) is 12.6 Å². The summed E-state index contributed by atoms with van der Waals surface area (Å²) < 4.78 is 104. The number of phosphoric ester groups is 2. The molecule has 0 bridgehead atoms. The van der Waals surface area contributed by atoms with Gasteiger partial charge < -0.3 is 108 Å². The summed E-state index contributed by atoms with van der Waals surface area (Å²) in [6.07, 6.45) is -1.58. The maximum atomic E-state index is 12.7. The second kappa shape index (κ2) is 46.7. The molecule has 3 heterocycles. The highest BCUT2D eigenvalue weighted by Crippen LogP contribution is 2.45. The largest absolute Gasteiger partial charge is 0.470 e. The Balaban J connectivity index is 0.974. The van der Waals surface area contributed by atoms with Gasteiger partial charge in [-0.15, -0.1) is 0 Å². The van der Waals surface area contributed by atoms with Crippen LogP contribution >= 0.6 is 15.6 Å². The Labute approximate surface area is 501 Å². The number of hydrogen-bond acceptors (Lipinski definition) is 25. The number of nitrogens with zero attached hydrogens (tertiary/aromatic N) is 3. The highest BCUT2D eigenvalue weighted by Gasteiger charge is 2.49. The van der Waals surface area contributed by atoms with Gasteiger partial charge >= 0.3 is 21.3 Å². The first-order chi connectivity index (χ1) is 41.3. The lowest BCUT2D eigenvalue weighted by molar-refractivity contribution is -0.124. The predicted molar refractivity (Wildman–Crippen MR) is 304 cm³/mol. The van der Waals surface area contributed by atoms with Crippen LogP contribution < -0.4 is 27.4 Å². The number of aliphatic hydroxyl groups excluding tert-OH is 1. The molecule has 35 heteroatoms. The third kappa shape index (κ3) is 37.6. The fourth-order valence-electron chi connectivity index (χ4n) is 8.40. The number of amides is 3. The van der Waals surface area contributed by atoms with Crippen LogP contribution in [-0.2, 0) is 101 Å². The van der Waals surface area contributed by atoms with Gasteiger partial charge in [-0.2, -0.15) is 4.98 Å². The molecule has 2 saturated heterocycles. The van der Waals surface area contributed by atoms with Gasteiger partial charge in [-0.05, 0) is 39.5 Å². The average molecular weight is 1280 g/mol. The van der Waals surface area contributed by atoms with Crippen LogP contribution in [0.15, 0.2) is 11.0 Å². The van der Waals surface area contributed by atoms with Crippen molar-refractivity contribution in [3.8, 4) is 0 Å². The molecule has 1 aromatic rings. The number of piperidine rings is 1. The van der Waals surface area contributed by atoms with E-state index in [9.17, 15) is 43.2 Å². The fraction of sp³-hybridized carbons (Fsp3) is 0.863. The number of carbonyl (C=O) groups excluding carboxylic acids is 3. The van der Waals surface area contributed by atoms with E-state index < -0.39 is 52.5 Å². The van der Waals surface area contributed by atoms with E-state index >= 15 is 0 Å². The van der Waals surface area contributed by atoms with Gasteiger partial charge in [-0.25, -0.2) is 13.9 Å². The molecule has 6 atom stereocenters. The summed E-state index contributed by atoms with van der Waals surface area (Å²) in [4.78, 5) is 91.9. The summed E-state index contributed by atoms with van der Waals surface area (Å²) in [5, 5.41) is 19.1. The van der Waals surface area contributed by atoms with Gasteiger partial charge in [0.15, 0.2) is 6.23 Å². The quantitative estimate of drug-likeness (QED) is 0.0256. The van der Waals surface area contributed by atoms with Gasteiger partial charge in [0.1, 0.15) is 24.1 Å². The molecule has 3 unspecified atom stereocenters. The van der Waals surface area contributed by atoms with Crippen LogP contribution in [0.3, 0.4) is 0 Å². The molecule has 10 N–H and O–H groups in total. The number of aliphatic hydroxyl groups is 1. The lowest BCUT2D eigenvalue weighted by Gasteiger charge is -2.38. The van der Waals surface area contributed by atoms with E-state index in [4.69, 9.17) is 77.1 Å². The van der Waals surface area contributed by atoms with E-state index in [0.29, 0.717) is 189 Å². The summed E-state index contributed by atoms with van der Waals surface area (Å²) in [5.41, 5.74) is 5.22. The van der Waals surface area contributed by atoms with Crippen LogP contribution in [0.1, 0.15) is 64.2 Å². The fourth-order valence-corrected chi connectivity index (χ4v) is 9.31. The molecule has 3 amide bonds. The summed E-state index contributed by atoms with van der Waals surface area (Å²) in [5.74, 6) is -0.606. The second-order valence-corrected chi connectivity index (χ2v) is 22.0. The Bertz CT molecular complexity index is 2120. The average Bonchev–Trinajstić information content (AvgIpc) is 2.19. The SMILES string of the molecule is CC1CCCC(C)N1CC(=O)NCCC(=O)NCCOCCOCCOCCOCCOCCOCCOCCOCCOCCOCCOCCOCCC(=O)NCCCc1cn([C@@H]2O[C@H](COP(=O)(O)O)[C@H](OP(=O)(O)O)C2O)c(=O)nc1N. The highest BCUT2D eigenvalue weighted by atomic mass is 31.2. The number of nitrogen functional groups attached to an aromatic ring is 1. The maximum Gasteiger partial charge on any atom is 0.470 e. The van der Waals surface area contributed by atoms with Crippen LogP contribution in [0.4, 0.5) is 5.82 Å². The van der Waals surface area contributed by atoms with Crippen molar-refractivity contribution in [2.24, 2.45) is 0 Å². The minimum absolute atomic E-state index is 0.0469. The summed E-state index contributed by atoms with van der Waals surface area (Å²) in [6.45, 7) is 14.1. The molecule has 2 aliphatic heterocycles. The van der Waals surface area contributed by atoms with Crippen molar-refractivity contribution in [3.05, 3.63) is 22.2 Å². The zero-order valence-electron chi connectivity index (χ0n) is 49.6. The van der Waals surface area contributed by atoms with Gasteiger partial charge in [0.05, 0.1) is 172 Å². The molecule has 86 heavy (non-hydrogen) atoms. The van der Waals surface area contributed by atoms with Gasteiger partial charge in [0.2, 0.25) is 17.7 Å². The molecule has 0 radical (unpaired) electrons. The first-order valence-electron chi connectivity index (χ1n) is 29.0. The standard InChI is InChI=1S/C51H95N7O26P2/c1-40-5-3-6-41(2)57(40)38-46(61)54-11-8-44(59)55-12-14-71-16-18-73-20-22-75-24-26-77-28-30-79-32-34-81-36-35-80-33-31-78-29-27-76-25-23-74-21-19-72-17-15-70-13-9-45(60)53-10-4-7-42-37-58(51(63)56-49(42)52)50-47(62)48(84-86(67,68)69)43(83-50)39-82-85(64,65)66/h37,40-41,43,47-48,50,62H,3-36,38-39H2,1-2H3,(H,53,60)(H,54,61)(H,55,59)(H2,52,56,63)(H2,64,65,66)(H2,67,68,69)/t40?,41?,43-,47?,48+,50-/m1/s1. The lowest BCUT2D eigenvalue weighted by atomic mass is 9.97. The van der Waals surface area contributed by atoms with Crippen molar-refractivity contribution < 1.29 is 119 Å². The second-order valence-electron chi connectivity index (χ2n) is 19.5. The molecule has 0 aliphatic carbocycles. The number of aromatic nitrogens is 2. The zero-order valence-corrected chi connectivity index (χ0v) is 51.4. The van der Waals surface area contributed by atoms with E-state index in [2.05, 4.69) is 48.7 Å². The van der Waals surface area contributed by atoms with Crippen molar-refractivity contribution in [2.75, 3.05) is 197 Å². The monoisotopic (exact) mass is 1280 g/mol. The van der Waals surface area contributed by atoms with E-state index in [0.717, 1.165) is 17.4 Å². The highest BCUT2D eigenvalue weighted by molar-refractivity contribution is 7.46. The first kappa shape index (κ1) is 77.0. The van der Waals surface area contributed by atoms with Crippen molar-refractivity contribution in [1.29, 1.82) is 0 Å². The summed E-state index contributed by atoms with van der Waals surface area (Å²) in [7, 11) is -10.3. The van der Waals surface area contributed by atoms with E-state index in [1.807, 2.05) is 0 Å². The Morgan fingerprint density at radius 2 is 1.00 bits per heavy atom. The van der Waals surface area contributed by atoms with Crippen LogP contribution in [-0.4, -0.2) is 279 Å². The van der Waals surface area contributed by atoms with Crippen molar-refractivity contribution in [3.63, 3.8) is 0 Å². The Morgan fingerprint density at radius 3 is 1.44 bits per heavy atom. The molecule has 3 rings (SSSR count).